The average Bonchev–Trinajstić information content (AvgIpc) is 3.19. The molecule has 2 N–H and O–H groups in total. The molecule has 0 bridgehead atoms. The number of imide groups is 1. The number of fused-ring (bicyclic) bond motifs is 1. The van der Waals surface area contributed by atoms with Crippen LogP contribution >= 0.6 is 0 Å². The lowest BCUT2D eigenvalue weighted by Gasteiger charge is -2.35. The normalized spacial score (nSPS) is 19.0. The quantitative estimate of drug-likeness (QED) is 0.779. The number of rotatable bonds is 5. The molecule has 7 heteroatoms. The minimum Gasteiger partial charge on any atom is -0.361 e. The van der Waals surface area contributed by atoms with Crippen molar-refractivity contribution in [3.05, 3.63) is 36.0 Å². The van der Waals surface area contributed by atoms with Gasteiger partial charge in [0.2, 0.25) is 5.91 Å². The van der Waals surface area contributed by atoms with E-state index in [0.717, 1.165) is 40.6 Å². The highest BCUT2D eigenvalue weighted by molar-refractivity contribution is 6.08. The molecule has 2 heterocycles. The zero-order chi connectivity index (χ0) is 19.7. The molecule has 1 saturated carbocycles. The van der Waals surface area contributed by atoms with Gasteiger partial charge in [-0.15, -0.1) is 0 Å². The lowest BCUT2D eigenvalue weighted by molar-refractivity contribution is -0.137. The van der Waals surface area contributed by atoms with E-state index in [4.69, 9.17) is 0 Å². The Labute approximate surface area is 164 Å². The van der Waals surface area contributed by atoms with E-state index in [-0.39, 0.29) is 24.4 Å². The zero-order valence-corrected chi connectivity index (χ0v) is 16.2. The van der Waals surface area contributed by atoms with Gasteiger partial charge in [0, 0.05) is 30.7 Å². The minimum absolute atomic E-state index is 0.211. The second kappa shape index (κ2) is 7.30. The van der Waals surface area contributed by atoms with Gasteiger partial charge in [0.05, 0.1) is 0 Å². The van der Waals surface area contributed by atoms with Crippen molar-refractivity contribution in [1.82, 2.24) is 20.1 Å². The number of para-hydroxylation sites is 1. The van der Waals surface area contributed by atoms with Gasteiger partial charge in [-0.1, -0.05) is 37.5 Å². The van der Waals surface area contributed by atoms with Crippen LogP contribution in [-0.2, 0) is 16.0 Å². The van der Waals surface area contributed by atoms with Crippen LogP contribution in [0.25, 0.3) is 10.9 Å². The van der Waals surface area contributed by atoms with E-state index in [9.17, 15) is 14.4 Å². The second-order valence-electron chi connectivity index (χ2n) is 7.78. The second-order valence-corrected chi connectivity index (χ2v) is 7.78. The van der Waals surface area contributed by atoms with Crippen LogP contribution < -0.4 is 5.32 Å². The number of carbonyl (C=O) groups excluding carboxylic acids is 3. The predicted octanol–water partition coefficient (Wildman–Crippen LogP) is 2.42. The fourth-order valence-electron chi connectivity index (χ4n) is 4.55. The molecule has 1 saturated heterocycles. The molecule has 0 radical (unpaired) electrons. The van der Waals surface area contributed by atoms with E-state index in [1.165, 1.54) is 0 Å². The number of H-pyrrole nitrogens is 1. The van der Waals surface area contributed by atoms with Crippen molar-refractivity contribution in [3.63, 3.8) is 0 Å². The highest BCUT2D eigenvalue weighted by Crippen LogP contribution is 2.39. The van der Waals surface area contributed by atoms with Gasteiger partial charge in [0.1, 0.15) is 12.1 Å². The first-order valence-corrected chi connectivity index (χ1v) is 9.94. The van der Waals surface area contributed by atoms with Gasteiger partial charge < -0.3 is 15.2 Å². The summed E-state index contributed by atoms with van der Waals surface area (Å²) in [5.41, 5.74) is 1.46. The number of nitrogens with zero attached hydrogens (tertiary/aromatic N) is 2. The van der Waals surface area contributed by atoms with Crippen molar-refractivity contribution in [1.29, 1.82) is 0 Å². The van der Waals surface area contributed by atoms with Gasteiger partial charge in [-0.05, 0) is 30.9 Å². The largest absolute Gasteiger partial charge is 0.361 e. The summed E-state index contributed by atoms with van der Waals surface area (Å²) in [6.07, 6.45) is 6.97. The van der Waals surface area contributed by atoms with Gasteiger partial charge in [-0.25, -0.2) is 4.79 Å². The Morgan fingerprint density at radius 1 is 1.18 bits per heavy atom. The molecule has 28 heavy (non-hydrogen) atoms. The number of benzene rings is 1. The summed E-state index contributed by atoms with van der Waals surface area (Å²) in [6.45, 7) is 0.246. The summed E-state index contributed by atoms with van der Waals surface area (Å²) in [5, 5.41) is 3.98. The molecule has 4 amide bonds. The smallest absolute Gasteiger partial charge is 0.327 e. The van der Waals surface area contributed by atoms with Gasteiger partial charge >= 0.3 is 6.03 Å². The maximum absolute atomic E-state index is 12.9. The van der Waals surface area contributed by atoms with Crippen LogP contribution in [0.4, 0.5) is 4.79 Å². The Balaban J connectivity index is 1.34. The Morgan fingerprint density at radius 2 is 1.93 bits per heavy atom. The summed E-state index contributed by atoms with van der Waals surface area (Å²) >= 11 is 0. The van der Waals surface area contributed by atoms with Crippen molar-refractivity contribution < 1.29 is 14.4 Å². The monoisotopic (exact) mass is 382 g/mol. The molecule has 4 rings (SSSR count). The van der Waals surface area contributed by atoms with Crippen molar-refractivity contribution in [2.24, 2.45) is 0 Å². The predicted molar refractivity (Wildman–Crippen MR) is 106 cm³/mol. The lowest BCUT2D eigenvalue weighted by Crippen LogP contribution is -2.49. The number of nitrogens with one attached hydrogen (secondary N) is 2. The maximum atomic E-state index is 12.9. The van der Waals surface area contributed by atoms with Crippen molar-refractivity contribution in [2.45, 2.75) is 44.1 Å². The van der Waals surface area contributed by atoms with Crippen LogP contribution in [0, 0.1) is 0 Å². The van der Waals surface area contributed by atoms with E-state index in [1.807, 2.05) is 30.5 Å². The van der Waals surface area contributed by atoms with Crippen LogP contribution in [0.15, 0.2) is 30.5 Å². The third kappa shape index (κ3) is 3.04. The number of likely N-dealkylation sites (N-methyl/N-ethyl adjacent to an activating group) is 1. The topological polar surface area (TPSA) is 85.5 Å². The molecule has 7 nitrogen and oxygen atoms in total. The minimum atomic E-state index is -0.736. The van der Waals surface area contributed by atoms with Gasteiger partial charge in [0.15, 0.2) is 0 Å². The molecule has 1 aromatic heterocycles. The molecular weight excluding hydrogens is 356 g/mol. The number of hydrogen-bond donors (Lipinski definition) is 2. The fourth-order valence-corrected chi connectivity index (χ4v) is 4.55. The van der Waals surface area contributed by atoms with Crippen LogP contribution in [0.2, 0.25) is 0 Å². The summed E-state index contributed by atoms with van der Waals surface area (Å²) < 4.78 is 0. The summed E-state index contributed by atoms with van der Waals surface area (Å²) in [4.78, 5) is 43.8. The average molecular weight is 382 g/mol. The summed E-state index contributed by atoms with van der Waals surface area (Å²) in [6, 6.07) is 7.66. The molecule has 2 aromatic rings. The van der Waals surface area contributed by atoms with Crippen LogP contribution in [0.5, 0.6) is 0 Å². The molecular formula is C21H26N4O3. The van der Waals surface area contributed by atoms with Gasteiger partial charge in [-0.2, -0.15) is 0 Å². The van der Waals surface area contributed by atoms with Crippen molar-refractivity contribution in [2.75, 3.05) is 20.1 Å². The van der Waals surface area contributed by atoms with Crippen LogP contribution in [0.3, 0.4) is 0 Å². The molecule has 1 aliphatic heterocycles. The van der Waals surface area contributed by atoms with Gasteiger partial charge in [0.25, 0.3) is 5.91 Å². The van der Waals surface area contributed by atoms with E-state index >= 15 is 0 Å². The lowest BCUT2D eigenvalue weighted by atomic mass is 9.81. The standard InChI is InChI=1S/C21H26N4O3/c1-24-20(28)25(19(27)21(24)10-5-2-6-11-21)14-18(26)22-12-9-15-13-23-17-8-4-3-7-16(15)17/h3-4,7-8,13,23H,2,5-6,9-12,14H2,1H3,(H,22,26). The molecule has 1 spiro atoms. The molecule has 1 aliphatic carbocycles. The summed E-state index contributed by atoms with van der Waals surface area (Å²) in [7, 11) is 1.68. The number of hydrogen-bond acceptors (Lipinski definition) is 3. The Hall–Kier alpha value is -2.83. The number of aromatic amines is 1. The third-order valence-electron chi connectivity index (χ3n) is 6.18. The first-order valence-electron chi connectivity index (χ1n) is 9.94. The highest BCUT2D eigenvalue weighted by atomic mass is 16.2. The Morgan fingerprint density at radius 3 is 2.71 bits per heavy atom. The first-order chi connectivity index (χ1) is 13.5. The first kappa shape index (κ1) is 18.5. The molecule has 2 fully saturated rings. The van der Waals surface area contributed by atoms with E-state index < -0.39 is 5.54 Å². The molecule has 1 aromatic carbocycles. The summed E-state index contributed by atoms with van der Waals surface area (Å²) in [5.74, 6) is -0.519. The van der Waals surface area contributed by atoms with Crippen LogP contribution in [-0.4, -0.2) is 58.3 Å². The third-order valence-corrected chi connectivity index (χ3v) is 6.18. The van der Waals surface area contributed by atoms with E-state index in [2.05, 4.69) is 10.3 Å². The number of urea groups is 1. The van der Waals surface area contributed by atoms with E-state index in [1.54, 1.807) is 11.9 Å². The van der Waals surface area contributed by atoms with Gasteiger partial charge in [-0.3, -0.25) is 14.5 Å². The van der Waals surface area contributed by atoms with Crippen LogP contribution in [0.1, 0.15) is 37.7 Å². The van der Waals surface area contributed by atoms with Crippen molar-refractivity contribution in [3.8, 4) is 0 Å². The maximum Gasteiger partial charge on any atom is 0.327 e. The molecule has 0 unspecified atom stereocenters. The SMILES string of the molecule is CN1C(=O)N(CC(=O)NCCc2c[nH]c3ccccc23)C(=O)C12CCCCC2. The molecule has 2 aliphatic rings. The number of carbonyl (C=O) groups is 3. The zero-order valence-electron chi connectivity index (χ0n) is 16.2. The molecule has 148 valence electrons. The molecule has 0 atom stereocenters. The van der Waals surface area contributed by atoms with Crippen molar-refractivity contribution >= 4 is 28.7 Å². The number of amides is 4. The van der Waals surface area contributed by atoms with E-state index in [0.29, 0.717) is 25.8 Å². The Kier molecular flexibility index (Phi) is 4.83. The highest BCUT2D eigenvalue weighted by Gasteiger charge is 2.55. The number of aromatic nitrogens is 1. The fraction of sp³-hybridized carbons (Fsp3) is 0.476. The Bertz CT molecular complexity index is 913.